The first-order chi connectivity index (χ1) is 14.6. The van der Waals surface area contributed by atoms with Gasteiger partial charge in [-0.1, -0.05) is 24.0 Å². The number of thiocarbonyl (C=S) groups is 1. The predicted octanol–water partition coefficient (Wildman–Crippen LogP) is 3.65. The highest BCUT2D eigenvalue weighted by atomic mass is 32.2. The Kier molecular flexibility index (Phi) is 5.12. The highest BCUT2D eigenvalue weighted by Crippen LogP contribution is 2.48. The van der Waals surface area contributed by atoms with Crippen LogP contribution in [0.4, 0.5) is 5.69 Å². The summed E-state index contributed by atoms with van der Waals surface area (Å²) in [5.41, 5.74) is 1.87. The number of nitrogens with zero attached hydrogens (tertiary/aromatic N) is 2. The van der Waals surface area contributed by atoms with Crippen molar-refractivity contribution in [1.29, 1.82) is 0 Å². The van der Waals surface area contributed by atoms with Crippen LogP contribution >= 0.6 is 24.0 Å². The number of allylic oxidation sites excluding steroid dienone is 2. The summed E-state index contributed by atoms with van der Waals surface area (Å²) < 4.78 is 23.3. The van der Waals surface area contributed by atoms with Crippen molar-refractivity contribution in [3.63, 3.8) is 0 Å². The fourth-order valence-electron chi connectivity index (χ4n) is 4.04. The Morgan fingerprint density at radius 1 is 1.23 bits per heavy atom. The molecule has 5 rings (SSSR count). The van der Waals surface area contributed by atoms with Crippen molar-refractivity contribution < 1.29 is 23.7 Å². The average molecular weight is 447 g/mol. The Bertz CT molecular complexity index is 984. The monoisotopic (exact) mass is 446 g/mol. The zero-order chi connectivity index (χ0) is 20.8. The second-order valence-electron chi connectivity index (χ2n) is 7.41. The van der Waals surface area contributed by atoms with Gasteiger partial charge >= 0.3 is 0 Å². The van der Waals surface area contributed by atoms with Crippen LogP contribution in [0.1, 0.15) is 19.8 Å². The van der Waals surface area contributed by atoms with Gasteiger partial charge < -0.3 is 23.8 Å². The van der Waals surface area contributed by atoms with Gasteiger partial charge in [0, 0.05) is 45.0 Å². The molecular formula is C21H22N2O5S2. The number of benzene rings is 1. The van der Waals surface area contributed by atoms with Crippen molar-refractivity contribution in [3.8, 4) is 17.2 Å². The van der Waals surface area contributed by atoms with Crippen LogP contribution in [0.25, 0.3) is 0 Å². The quantitative estimate of drug-likeness (QED) is 0.515. The lowest BCUT2D eigenvalue weighted by Crippen LogP contribution is -2.28. The highest BCUT2D eigenvalue weighted by Gasteiger charge is 2.36. The van der Waals surface area contributed by atoms with Crippen molar-refractivity contribution in [2.24, 2.45) is 5.92 Å². The molecule has 7 nitrogen and oxygen atoms in total. The van der Waals surface area contributed by atoms with E-state index in [1.807, 2.05) is 37.1 Å². The molecule has 4 heterocycles. The van der Waals surface area contributed by atoms with Gasteiger partial charge in [0.15, 0.2) is 17.2 Å². The van der Waals surface area contributed by atoms with Gasteiger partial charge in [-0.05, 0) is 31.3 Å². The number of fused-ring (bicyclic) bond motifs is 2. The van der Waals surface area contributed by atoms with Gasteiger partial charge in [0.05, 0.1) is 10.6 Å². The Labute approximate surface area is 184 Å². The molecule has 1 aromatic carbocycles. The molecule has 9 heteroatoms. The first-order valence-corrected chi connectivity index (χ1v) is 11.2. The lowest BCUT2D eigenvalue weighted by molar-refractivity contribution is -0.122. The van der Waals surface area contributed by atoms with Gasteiger partial charge in [-0.3, -0.25) is 9.69 Å². The van der Waals surface area contributed by atoms with Crippen molar-refractivity contribution in [3.05, 3.63) is 34.6 Å². The van der Waals surface area contributed by atoms with E-state index >= 15 is 0 Å². The summed E-state index contributed by atoms with van der Waals surface area (Å²) in [6.07, 6.45) is 3.72. The number of anilines is 1. The zero-order valence-corrected chi connectivity index (χ0v) is 18.4. The molecule has 4 aliphatic rings. The molecule has 30 heavy (non-hydrogen) atoms. The van der Waals surface area contributed by atoms with Gasteiger partial charge in [0.25, 0.3) is 5.91 Å². The number of likely N-dealkylation sites (N-methyl/N-ethyl adjacent to an activating group) is 1. The molecule has 1 aromatic rings. The van der Waals surface area contributed by atoms with E-state index in [-0.39, 0.29) is 18.6 Å². The highest BCUT2D eigenvalue weighted by molar-refractivity contribution is 8.26. The number of carbonyl (C=O) groups excluding carboxylic acids is 1. The zero-order valence-electron chi connectivity index (χ0n) is 16.8. The van der Waals surface area contributed by atoms with Gasteiger partial charge in [0.1, 0.15) is 4.32 Å². The molecule has 1 amide bonds. The molecule has 2 saturated heterocycles. The minimum atomic E-state index is -0.0233. The summed E-state index contributed by atoms with van der Waals surface area (Å²) in [5.74, 6) is 2.95. The van der Waals surface area contributed by atoms with Crippen LogP contribution in [-0.4, -0.2) is 48.7 Å². The van der Waals surface area contributed by atoms with Crippen molar-refractivity contribution in [2.75, 3.05) is 38.5 Å². The topological polar surface area (TPSA) is 60.5 Å². The fourth-order valence-corrected chi connectivity index (χ4v) is 5.54. The van der Waals surface area contributed by atoms with E-state index in [1.54, 1.807) is 4.90 Å². The molecule has 0 radical (unpaired) electrons. The lowest BCUT2D eigenvalue weighted by Gasteiger charge is -2.25. The maximum atomic E-state index is 13.1. The van der Waals surface area contributed by atoms with E-state index in [4.69, 9.17) is 31.2 Å². The standard InChI is InChI=1S/C21H22N2O5S2/c1-3-23-20(24)19(30-21(23)29)13(12-4-6-25-7-5-12)8-18-22(2)14-9-16-17(27-11-26-16)10-15(14)28-18/h8-10,12H,3-7,11H2,1-2H3. The minimum absolute atomic E-state index is 0.0233. The van der Waals surface area contributed by atoms with Crippen LogP contribution in [0.3, 0.4) is 0 Å². The van der Waals surface area contributed by atoms with Crippen LogP contribution < -0.4 is 19.1 Å². The second kappa shape index (κ2) is 7.79. The first-order valence-electron chi connectivity index (χ1n) is 9.99. The molecule has 0 atom stereocenters. The molecule has 0 saturated carbocycles. The Balaban J connectivity index is 1.54. The van der Waals surface area contributed by atoms with Crippen molar-refractivity contribution in [2.45, 2.75) is 19.8 Å². The molecule has 0 aromatic heterocycles. The maximum Gasteiger partial charge on any atom is 0.266 e. The number of thioether (sulfide) groups is 1. The third kappa shape index (κ3) is 3.25. The molecule has 0 unspecified atom stereocenters. The SMILES string of the molecule is CCN1C(=O)C(=C(C=C2Oc3cc4c(cc3N2C)OCO4)C2CCOCC2)SC1=S. The summed E-state index contributed by atoms with van der Waals surface area (Å²) in [4.78, 5) is 17.4. The minimum Gasteiger partial charge on any atom is -0.454 e. The van der Waals surface area contributed by atoms with E-state index in [9.17, 15) is 4.79 Å². The smallest absolute Gasteiger partial charge is 0.266 e. The molecule has 4 aliphatic heterocycles. The van der Waals surface area contributed by atoms with Crippen LogP contribution in [0.2, 0.25) is 0 Å². The van der Waals surface area contributed by atoms with Crippen molar-refractivity contribution in [1.82, 2.24) is 4.90 Å². The predicted molar refractivity (Wildman–Crippen MR) is 118 cm³/mol. The molecule has 2 fully saturated rings. The second-order valence-corrected chi connectivity index (χ2v) is 9.05. The largest absolute Gasteiger partial charge is 0.454 e. The Morgan fingerprint density at radius 3 is 2.67 bits per heavy atom. The van der Waals surface area contributed by atoms with Crippen LogP contribution in [0.5, 0.6) is 17.2 Å². The van der Waals surface area contributed by atoms with Gasteiger partial charge in [-0.25, -0.2) is 0 Å². The molecule has 0 N–H and O–H groups in total. The van der Waals surface area contributed by atoms with Crippen LogP contribution in [0.15, 0.2) is 34.6 Å². The lowest BCUT2D eigenvalue weighted by atomic mass is 9.90. The number of rotatable bonds is 3. The maximum absolute atomic E-state index is 13.1. The normalized spacial score (nSPS) is 24.0. The van der Waals surface area contributed by atoms with E-state index in [0.717, 1.165) is 24.1 Å². The van der Waals surface area contributed by atoms with E-state index in [1.165, 1.54) is 11.8 Å². The number of amides is 1. The molecule has 0 spiro atoms. The van der Waals surface area contributed by atoms with Gasteiger partial charge in [0.2, 0.25) is 12.7 Å². The molecular weight excluding hydrogens is 424 g/mol. The number of hydrogen-bond donors (Lipinski definition) is 0. The third-order valence-corrected chi connectivity index (χ3v) is 7.21. The molecule has 158 valence electrons. The van der Waals surface area contributed by atoms with Gasteiger partial charge in [-0.2, -0.15) is 0 Å². The molecule has 0 bridgehead atoms. The van der Waals surface area contributed by atoms with Crippen LogP contribution in [0, 0.1) is 5.92 Å². The van der Waals surface area contributed by atoms with Crippen LogP contribution in [-0.2, 0) is 9.53 Å². The number of ether oxygens (including phenoxy) is 4. The van der Waals surface area contributed by atoms with Gasteiger partial charge in [-0.15, -0.1) is 0 Å². The third-order valence-electron chi connectivity index (χ3n) is 5.73. The summed E-state index contributed by atoms with van der Waals surface area (Å²) >= 11 is 6.83. The Morgan fingerprint density at radius 2 is 1.97 bits per heavy atom. The summed E-state index contributed by atoms with van der Waals surface area (Å²) in [7, 11) is 1.94. The number of hydrogen-bond acceptors (Lipinski definition) is 8. The summed E-state index contributed by atoms with van der Waals surface area (Å²) in [6.45, 7) is 4.10. The summed E-state index contributed by atoms with van der Waals surface area (Å²) in [6, 6.07) is 3.77. The molecule has 0 aliphatic carbocycles. The van der Waals surface area contributed by atoms with E-state index in [2.05, 4.69) is 0 Å². The van der Waals surface area contributed by atoms with E-state index in [0.29, 0.717) is 52.1 Å². The van der Waals surface area contributed by atoms with E-state index < -0.39 is 0 Å². The van der Waals surface area contributed by atoms with Crippen molar-refractivity contribution >= 4 is 39.9 Å². The summed E-state index contributed by atoms with van der Waals surface area (Å²) in [5, 5.41) is 0. The number of carbonyl (C=O) groups is 1. The average Bonchev–Trinajstić information content (AvgIpc) is 3.41. The first kappa shape index (κ1) is 19.7. The fraction of sp³-hybridized carbons (Fsp3) is 0.429. The Hall–Kier alpha value is -2.23.